The van der Waals surface area contributed by atoms with Crippen LogP contribution in [-0.4, -0.2) is 51.9 Å². The largest absolute Gasteiger partial charge is 0.493 e. The van der Waals surface area contributed by atoms with Crippen molar-refractivity contribution in [2.75, 3.05) is 30.4 Å². The first kappa shape index (κ1) is 20.0. The number of aromatic nitrogens is 4. The molecule has 0 bridgehead atoms. The van der Waals surface area contributed by atoms with Crippen molar-refractivity contribution in [1.82, 2.24) is 24.9 Å². The number of halogens is 1. The Kier molecular flexibility index (Phi) is 4.91. The first-order valence-electron chi connectivity index (χ1n) is 10.4. The van der Waals surface area contributed by atoms with E-state index in [4.69, 9.17) is 16.3 Å². The number of fused-ring (bicyclic) bond motifs is 2. The molecule has 2 atom stereocenters. The molecule has 5 rings (SSSR count). The number of hydrogen-bond donors (Lipinski definition) is 3. The fourth-order valence-electron chi connectivity index (χ4n) is 4.45. The van der Waals surface area contributed by atoms with Gasteiger partial charge in [0.1, 0.15) is 0 Å². The molecule has 0 amide bonds. The van der Waals surface area contributed by atoms with E-state index in [1.54, 1.807) is 7.11 Å². The van der Waals surface area contributed by atoms with Crippen LogP contribution in [0.1, 0.15) is 19.5 Å². The molecule has 1 aliphatic rings. The Hall–Kier alpha value is -2.97. The van der Waals surface area contributed by atoms with Crippen LogP contribution in [0.2, 0.25) is 5.02 Å². The van der Waals surface area contributed by atoms with Gasteiger partial charge >= 0.3 is 0 Å². The Morgan fingerprint density at radius 1 is 1.16 bits per heavy atom. The van der Waals surface area contributed by atoms with Crippen LogP contribution in [0, 0.1) is 6.92 Å². The number of rotatable bonds is 4. The number of aromatic amines is 1. The van der Waals surface area contributed by atoms with E-state index in [1.165, 1.54) is 0 Å². The quantitative estimate of drug-likeness (QED) is 0.444. The second-order valence-electron chi connectivity index (χ2n) is 8.33. The number of nitrogens with zero attached hydrogens (tertiary/aromatic N) is 4. The van der Waals surface area contributed by atoms with E-state index in [2.05, 4.69) is 50.6 Å². The summed E-state index contributed by atoms with van der Waals surface area (Å²) in [5.74, 6) is 1.36. The lowest BCUT2D eigenvalue weighted by atomic mass is 10.1. The number of hydrogen-bond acceptors (Lipinski definition) is 6. The summed E-state index contributed by atoms with van der Waals surface area (Å²) < 4.78 is 7.47. The Labute approximate surface area is 185 Å². The average molecular weight is 440 g/mol. The van der Waals surface area contributed by atoms with E-state index in [0.717, 1.165) is 46.7 Å². The van der Waals surface area contributed by atoms with Gasteiger partial charge in [0.25, 0.3) is 0 Å². The number of H-pyrrole nitrogens is 1. The molecule has 0 aliphatic carbocycles. The van der Waals surface area contributed by atoms with Gasteiger partial charge in [-0.2, -0.15) is 5.10 Å². The third-order valence-electron chi connectivity index (χ3n) is 5.64. The molecule has 0 spiro atoms. The average Bonchev–Trinajstić information content (AvgIpc) is 3.29. The zero-order valence-electron chi connectivity index (χ0n) is 18.0. The molecule has 4 heterocycles. The van der Waals surface area contributed by atoms with Crippen molar-refractivity contribution in [3.63, 3.8) is 0 Å². The molecule has 162 valence electrons. The van der Waals surface area contributed by atoms with E-state index >= 15 is 0 Å². The molecule has 4 aromatic rings. The molecule has 0 unspecified atom stereocenters. The second-order valence-corrected chi connectivity index (χ2v) is 8.74. The first-order valence-corrected chi connectivity index (χ1v) is 10.8. The molecule has 9 heteroatoms. The third-order valence-corrected chi connectivity index (χ3v) is 5.94. The summed E-state index contributed by atoms with van der Waals surface area (Å²) >= 11 is 6.74. The summed E-state index contributed by atoms with van der Waals surface area (Å²) in [7, 11) is 1.64. The minimum atomic E-state index is 0.425. The predicted octanol–water partition coefficient (Wildman–Crippen LogP) is 4.11. The van der Waals surface area contributed by atoms with E-state index in [9.17, 15) is 0 Å². The highest BCUT2D eigenvalue weighted by Gasteiger charge is 2.23. The Morgan fingerprint density at radius 2 is 1.94 bits per heavy atom. The molecule has 3 N–H and O–H groups in total. The molecule has 1 fully saturated rings. The number of piperazine rings is 1. The normalized spacial score (nSPS) is 19.3. The van der Waals surface area contributed by atoms with Gasteiger partial charge in [-0.25, -0.2) is 4.98 Å². The van der Waals surface area contributed by atoms with Crippen LogP contribution in [-0.2, 0) is 0 Å². The number of aryl methyl sites for hydroxylation is 1. The SMILES string of the molecule is COc1cc(Nc2n[nH]c3cc(N4C[C@@H](C)N[C@@H](C)C4)cc(Cl)c23)cn2cc(C)nc12. The summed E-state index contributed by atoms with van der Waals surface area (Å²) in [6.45, 7) is 8.24. The van der Waals surface area contributed by atoms with Crippen LogP contribution >= 0.6 is 11.6 Å². The summed E-state index contributed by atoms with van der Waals surface area (Å²) in [5, 5.41) is 16.1. The van der Waals surface area contributed by atoms with Crippen LogP contribution in [0.25, 0.3) is 16.6 Å². The second kappa shape index (κ2) is 7.62. The smallest absolute Gasteiger partial charge is 0.180 e. The maximum absolute atomic E-state index is 6.74. The van der Waals surface area contributed by atoms with Crippen molar-refractivity contribution >= 4 is 45.3 Å². The van der Waals surface area contributed by atoms with Crippen molar-refractivity contribution in [1.29, 1.82) is 0 Å². The van der Waals surface area contributed by atoms with Crippen molar-refractivity contribution in [3.05, 3.63) is 41.3 Å². The van der Waals surface area contributed by atoms with Gasteiger partial charge < -0.3 is 24.7 Å². The van der Waals surface area contributed by atoms with Gasteiger partial charge in [0.05, 0.1) is 34.4 Å². The van der Waals surface area contributed by atoms with Gasteiger partial charge in [0.2, 0.25) is 0 Å². The van der Waals surface area contributed by atoms with Gasteiger partial charge in [-0.1, -0.05) is 11.6 Å². The standard InChI is InChI=1S/C22H26ClN7O/c1-12-8-29(9-13(2)24-12)16-6-17(23)20-18(7-16)27-28-21(20)26-15-5-19(31-4)22-25-14(3)10-30(22)11-15/h5-7,10-13,24H,8-9H2,1-4H3,(H2,26,27,28)/t12-,13+. The topological polar surface area (TPSA) is 82.5 Å². The zero-order valence-corrected chi connectivity index (χ0v) is 18.8. The third kappa shape index (κ3) is 3.66. The molecule has 1 aliphatic heterocycles. The Morgan fingerprint density at radius 3 is 2.68 bits per heavy atom. The molecular formula is C22H26ClN7O. The lowest BCUT2D eigenvalue weighted by molar-refractivity contribution is 0.407. The minimum Gasteiger partial charge on any atom is -0.493 e. The van der Waals surface area contributed by atoms with Gasteiger partial charge in [-0.05, 0) is 32.9 Å². The maximum atomic E-state index is 6.74. The minimum absolute atomic E-state index is 0.425. The Balaban J connectivity index is 1.50. The molecule has 31 heavy (non-hydrogen) atoms. The lowest BCUT2D eigenvalue weighted by Crippen LogP contribution is -2.54. The van der Waals surface area contributed by atoms with E-state index in [1.807, 2.05) is 35.9 Å². The lowest BCUT2D eigenvalue weighted by Gasteiger charge is -2.37. The van der Waals surface area contributed by atoms with Gasteiger partial charge in [0.15, 0.2) is 17.2 Å². The van der Waals surface area contributed by atoms with Gasteiger partial charge in [-0.3, -0.25) is 5.10 Å². The van der Waals surface area contributed by atoms with Gasteiger partial charge in [0, 0.05) is 49.3 Å². The molecule has 1 saturated heterocycles. The number of imidazole rings is 1. The van der Waals surface area contributed by atoms with Crippen molar-refractivity contribution in [3.8, 4) is 5.75 Å². The fraction of sp³-hybridized carbons (Fsp3) is 0.364. The van der Waals surface area contributed by atoms with Crippen LogP contribution in [0.5, 0.6) is 5.75 Å². The van der Waals surface area contributed by atoms with Crippen LogP contribution in [0.4, 0.5) is 17.2 Å². The maximum Gasteiger partial charge on any atom is 0.180 e. The van der Waals surface area contributed by atoms with E-state index in [-0.39, 0.29) is 0 Å². The number of ether oxygens (including phenoxy) is 1. The fourth-order valence-corrected chi connectivity index (χ4v) is 4.75. The number of pyridine rings is 1. The molecule has 1 aromatic carbocycles. The molecule has 0 saturated carbocycles. The van der Waals surface area contributed by atoms with Gasteiger partial charge in [-0.15, -0.1) is 0 Å². The Bertz CT molecular complexity index is 1250. The first-order chi connectivity index (χ1) is 14.9. The molecule has 3 aromatic heterocycles. The molecule has 8 nitrogen and oxygen atoms in total. The summed E-state index contributed by atoms with van der Waals surface area (Å²) in [5.41, 5.74) is 4.53. The summed E-state index contributed by atoms with van der Waals surface area (Å²) in [4.78, 5) is 6.88. The monoisotopic (exact) mass is 439 g/mol. The number of methoxy groups -OCH3 is 1. The van der Waals surface area contributed by atoms with Crippen molar-refractivity contribution in [2.45, 2.75) is 32.9 Å². The molecular weight excluding hydrogens is 414 g/mol. The summed E-state index contributed by atoms with van der Waals surface area (Å²) in [6, 6.07) is 6.91. The zero-order chi connectivity index (χ0) is 21.7. The highest BCUT2D eigenvalue weighted by molar-refractivity contribution is 6.36. The van der Waals surface area contributed by atoms with Crippen LogP contribution in [0.15, 0.2) is 30.6 Å². The van der Waals surface area contributed by atoms with E-state index < -0.39 is 0 Å². The number of benzene rings is 1. The van der Waals surface area contributed by atoms with Crippen LogP contribution in [0.3, 0.4) is 0 Å². The van der Waals surface area contributed by atoms with E-state index in [0.29, 0.717) is 28.7 Å². The number of anilines is 3. The predicted molar refractivity (Wildman–Crippen MR) is 125 cm³/mol. The number of nitrogens with one attached hydrogen (secondary N) is 3. The van der Waals surface area contributed by atoms with Crippen molar-refractivity contribution < 1.29 is 4.74 Å². The summed E-state index contributed by atoms with van der Waals surface area (Å²) in [6.07, 6.45) is 3.92. The highest BCUT2D eigenvalue weighted by atomic mass is 35.5. The molecule has 0 radical (unpaired) electrons. The van der Waals surface area contributed by atoms with Crippen molar-refractivity contribution in [2.24, 2.45) is 0 Å². The van der Waals surface area contributed by atoms with Crippen LogP contribution < -0.4 is 20.3 Å². The highest BCUT2D eigenvalue weighted by Crippen LogP contribution is 2.35.